The van der Waals surface area contributed by atoms with E-state index in [9.17, 15) is 9.59 Å². The van der Waals surface area contributed by atoms with E-state index in [1.54, 1.807) is 4.57 Å². The van der Waals surface area contributed by atoms with Crippen molar-refractivity contribution < 1.29 is 9.90 Å². The molecule has 2 rings (SSSR count). The molecule has 0 spiro atoms. The summed E-state index contributed by atoms with van der Waals surface area (Å²) in [7, 11) is 0. The summed E-state index contributed by atoms with van der Waals surface area (Å²) in [6, 6.07) is 0. The molecule has 1 aliphatic carbocycles. The van der Waals surface area contributed by atoms with Crippen molar-refractivity contribution in [3.8, 4) is 0 Å². The van der Waals surface area contributed by atoms with Gasteiger partial charge in [-0.25, -0.2) is 0 Å². The highest BCUT2D eigenvalue weighted by atomic mass is 32.1. The van der Waals surface area contributed by atoms with Gasteiger partial charge in [-0.1, -0.05) is 17.8 Å². The number of nitrogens with zero attached hydrogens (tertiary/aromatic N) is 1. The third-order valence-electron chi connectivity index (χ3n) is 2.95. The first kappa shape index (κ1) is 11.4. The van der Waals surface area contributed by atoms with Gasteiger partial charge in [-0.05, 0) is 25.7 Å². The van der Waals surface area contributed by atoms with Gasteiger partial charge in [0.25, 0.3) is 0 Å². The van der Waals surface area contributed by atoms with Crippen molar-refractivity contribution in [2.24, 2.45) is 0 Å². The molecule has 4 nitrogen and oxygen atoms in total. The summed E-state index contributed by atoms with van der Waals surface area (Å²) < 4.78 is 1.67. The molecule has 0 saturated carbocycles. The summed E-state index contributed by atoms with van der Waals surface area (Å²) >= 11 is 1.30. The molecule has 1 aliphatic rings. The fourth-order valence-corrected chi connectivity index (χ4v) is 3.24. The largest absolute Gasteiger partial charge is 0.481 e. The van der Waals surface area contributed by atoms with Crippen LogP contribution in [0.1, 0.15) is 36.3 Å². The molecule has 16 heavy (non-hydrogen) atoms. The van der Waals surface area contributed by atoms with E-state index in [-0.39, 0.29) is 11.3 Å². The minimum absolute atomic E-state index is 0.00755. The van der Waals surface area contributed by atoms with E-state index < -0.39 is 5.97 Å². The molecule has 1 aromatic rings. The average Bonchev–Trinajstić information content (AvgIpc) is 2.40. The minimum atomic E-state index is -0.847. The molecule has 0 unspecified atom stereocenters. The lowest BCUT2D eigenvalue weighted by Gasteiger charge is -2.05. The first-order valence-corrected chi connectivity index (χ1v) is 6.43. The average molecular weight is 241 g/mol. The Morgan fingerprint density at radius 3 is 2.81 bits per heavy atom. The number of hydrogen-bond acceptors (Lipinski definition) is 3. The number of carboxylic acids is 1. The predicted octanol–water partition coefficient (Wildman–Crippen LogP) is 1.65. The first-order chi connectivity index (χ1) is 7.68. The zero-order valence-corrected chi connectivity index (χ0v) is 9.89. The van der Waals surface area contributed by atoms with Crippen LogP contribution >= 0.6 is 11.3 Å². The van der Waals surface area contributed by atoms with E-state index >= 15 is 0 Å². The summed E-state index contributed by atoms with van der Waals surface area (Å²) in [4.78, 5) is 23.4. The third kappa shape index (κ3) is 2.35. The van der Waals surface area contributed by atoms with E-state index in [2.05, 4.69) is 0 Å². The number of fused-ring (bicyclic) bond motifs is 1. The Kier molecular flexibility index (Phi) is 3.43. The van der Waals surface area contributed by atoms with Gasteiger partial charge in [0, 0.05) is 17.1 Å². The molecule has 5 heteroatoms. The number of aryl methyl sites for hydroxylation is 1. The standard InChI is InChI=1S/C11H15NO3S/c13-10(14)6-7-12-8-4-2-1-3-5-9(8)16-11(12)15/h1-7H2,(H,13,14). The lowest BCUT2D eigenvalue weighted by Crippen LogP contribution is -2.18. The maximum Gasteiger partial charge on any atom is 0.307 e. The monoisotopic (exact) mass is 241 g/mol. The second-order valence-electron chi connectivity index (χ2n) is 4.09. The maximum atomic E-state index is 11.7. The molecule has 0 radical (unpaired) electrons. The Balaban J connectivity index is 2.26. The van der Waals surface area contributed by atoms with E-state index in [4.69, 9.17) is 5.11 Å². The zero-order chi connectivity index (χ0) is 11.5. The van der Waals surface area contributed by atoms with Crippen molar-refractivity contribution in [1.82, 2.24) is 4.57 Å². The maximum absolute atomic E-state index is 11.7. The second-order valence-corrected chi connectivity index (χ2v) is 5.14. The van der Waals surface area contributed by atoms with Crippen LogP contribution in [0.3, 0.4) is 0 Å². The van der Waals surface area contributed by atoms with Crippen LogP contribution in [-0.2, 0) is 24.2 Å². The van der Waals surface area contributed by atoms with Gasteiger partial charge in [0.15, 0.2) is 0 Å². The van der Waals surface area contributed by atoms with Crippen LogP contribution in [0, 0.1) is 0 Å². The molecule has 1 N–H and O–H groups in total. The smallest absolute Gasteiger partial charge is 0.307 e. The van der Waals surface area contributed by atoms with Crippen molar-refractivity contribution in [3.05, 3.63) is 20.2 Å². The Labute approximate surface area is 97.5 Å². The van der Waals surface area contributed by atoms with Crippen LogP contribution in [0.5, 0.6) is 0 Å². The van der Waals surface area contributed by atoms with Crippen LogP contribution in [0.2, 0.25) is 0 Å². The molecule has 0 fully saturated rings. The molecule has 0 atom stereocenters. The Bertz CT molecular complexity index is 447. The molecule has 0 aromatic carbocycles. The number of aromatic nitrogens is 1. The second kappa shape index (κ2) is 4.82. The number of aliphatic carboxylic acids is 1. The molecule has 0 bridgehead atoms. The van der Waals surface area contributed by atoms with Crippen molar-refractivity contribution >= 4 is 17.3 Å². The van der Waals surface area contributed by atoms with Gasteiger partial charge in [0.1, 0.15) is 0 Å². The number of carboxylic acid groups (broad SMARTS) is 1. The van der Waals surface area contributed by atoms with Crippen LogP contribution < -0.4 is 4.87 Å². The Morgan fingerprint density at radius 1 is 1.31 bits per heavy atom. The van der Waals surface area contributed by atoms with Crippen molar-refractivity contribution in [1.29, 1.82) is 0 Å². The van der Waals surface area contributed by atoms with Gasteiger partial charge in [-0.2, -0.15) is 0 Å². The summed E-state index contributed by atoms with van der Waals surface area (Å²) in [5.74, 6) is -0.847. The predicted molar refractivity (Wildman–Crippen MR) is 62.1 cm³/mol. The van der Waals surface area contributed by atoms with Crippen LogP contribution in [-0.4, -0.2) is 15.6 Å². The number of hydrogen-bond donors (Lipinski definition) is 1. The van der Waals surface area contributed by atoms with Crippen molar-refractivity contribution in [2.45, 2.75) is 45.1 Å². The molecular weight excluding hydrogens is 226 g/mol. The third-order valence-corrected chi connectivity index (χ3v) is 4.03. The highest BCUT2D eigenvalue weighted by Crippen LogP contribution is 2.22. The van der Waals surface area contributed by atoms with Crippen molar-refractivity contribution in [2.75, 3.05) is 0 Å². The van der Waals surface area contributed by atoms with Crippen LogP contribution in [0.4, 0.5) is 0 Å². The summed E-state index contributed by atoms with van der Waals surface area (Å²) in [6.07, 6.45) is 5.39. The van der Waals surface area contributed by atoms with Crippen LogP contribution in [0.25, 0.3) is 0 Å². The topological polar surface area (TPSA) is 59.3 Å². The molecule has 1 aromatic heterocycles. The molecule has 88 valence electrons. The highest BCUT2D eigenvalue weighted by Gasteiger charge is 2.17. The van der Waals surface area contributed by atoms with Gasteiger partial charge >= 0.3 is 10.8 Å². The molecule has 1 heterocycles. The van der Waals surface area contributed by atoms with Gasteiger partial charge in [-0.3, -0.25) is 9.59 Å². The van der Waals surface area contributed by atoms with Gasteiger partial charge in [0.05, 0.1) is 6.42 Å². The fraction of sp³-hybridized carbons (Fsp3) is 0.636. The minimum Gasteiger partial charge on any atom is -0.481 e. The summed E-state index contributed by atoms with van der Waals surface area (Å²) in [5, 5.41) is 8.65. The highest BCUT2D eigenvalue weighted by molar-refractivity contribution is 7.09. The van der Waals surface area contributed by atoms with E-state index in [1.165, 1.54) is 22.6 Å². The van der Waals surface area contributed by atoms with Gasteiger partial charge in [0.2, 0.25) is 0 Å². The van der Waals surface area contributed by atoms with E-state index in [1.807, 2.05) is 0 Å². The van der Waals surface area contributed by atoms with E-state index in [0.29, 0.717) is 6.54 Å². The molecule has 0 amide bonds. The molecule has 0 aliphatic heterocycles. The Hall–Kier alpha value is -1.10. The molecular formula is C11H15NO3S. The van der Waals surface area contributed by atoms with Crippen LogP contribution in [0.15, 0.2) is 4.79 Å². The lowest BCUT2D eigenvalue weighted by molar-refractivity contribution is -0.137. The van der Waals surface area contributed by atoms with Gasteiger partial charge in [-0.15, -0.1) is 0 Å². The fourth-order valence-electron chi connectivity index (χ4n) is 2.14. The number of thiazole rings is 1. The SMILES string of the molecule is O=C(O)CCn1c2c(sc1=O)CCCCC2. The summed E-state index contributed by atoms with van der Waals surface area (Å²) in [6.45, 7) is 0.319. The summed E-state index contributed by atoms with van der Waals surface area (Å²) in [5.41, 5.74) is 1.09. The van der Waals surface area contributed by atoms with Gasteiger partial charge < -0.3 is 9.67 Å². The number of carbonyl (C=O) groups is 1. The zero-order valence-electron chi connectivity index (χ0n) is 9.07. The van der Waals surface area contributed by atoms with Crippen molar-refractivity contribution in [3.63, 3.8) is 0 Å². The first-order valence-electron chi connectivity index (χ1n) is 5.61. The van der Waals surface area contributed by atoms with E-state index in [0.717, 1.165) is 31.4 Å². The number of rotatable bonds is 3. The Morgan fingerprint density at radius 2 is 2.06 bits per heavy atom. The molecule has 0 saturated heterocycles. The lowest BCUT2D eigenvalue weighted by atomic mass is 10.2. The quantitative estimate of drug-likeness (QED) is 0.819. The normalized spacial score (nSPS) is 15.5.